The third-order valence-electron chi connectivity index (χ3n) is 4.55. The molecule has 1 fully saturated rings. The highest BCUT2D eigenvalue weighted by Crippen LogP contribution is 2.17. The van der Waals surface area contributed by atoms with Gasteiger partial charge in [0.05, 0.1) is 0 Å². The smallest absolute Gasteiger partial charge is 0.321 e. The molecule has 1 N–H and O–H groups in total. The van der Waals surface area contributed by atoms with E-state index in [0.717, 1.165) is 44.8 Å². The predicted molar refractivity (Wildman–Crippen MR) is 98.1 cm³/mol. The van der Waals surface area contributed by atoms with Crippen LogP contribution in [0.5, 0.6) is 0 Å². The first-order valence-electron chi connectivity index (χ1n) is 8.66. The summed E-state index contributed by atoms with van der Waals surface area (Å²) in [6.45, 7) is 6.43. The Hall–Kier alpha value is -2.33. The summed E-state index contributed by atoms with van der Waals surface area (Å²) in [7, 11) is 0. The van der Waals surface area contributed by atoms with Gasteiger partial charge in [-0.2, -0.15) is 0 Å². The first-order chi connectivity index (χ1) is 11.8. The minimum Gasteiger partial charge on any atom is -0.322 e. The first-order valence-corrected chi connectivity index (χ1v) is 8.66. The number of piperazine rings is 1. The van der Waals surface area contributed by atoms with Crippen LogP contribution in [0.15, 0.2) is 54.6 Å². The fraction of sp³-hybridized carbons (Fsp3) is 0.350. The standard InChI is InChI=1S/C20H25N3O/c1-2-18-10-6-7-11-19(18)21-20(24)23-14-12-22(13-15-23)16-17-8-4-3-5-9-17/h3-11H,2,12-16H2,1H3,(H,21,24). The summed E-state index contributed by atoms with van der Waals surface area (Å²) in [6.07, 6.45) is 0.918. The Bertz CT molecular complexity index is 664. The zero-order chi connectivity index (χ0) is 16.8. The Balaban J connectivity index is 1.52. The Morgan fingerprint density at radius 2 is 1.62 bits per heavy atom. The third-order valence-corrected chi connectivity index (χ3v) is 4.55. The van der Waals surface area contributed by atoms with Crippen molar-refractivity contribution in [1.82, 2.24) is 9.80 Å². The second-order valence-corrected chi connectivity index (χ2v) is 6.19. The minimum absolute atomic E-state index is 0.00950. The molecule has 4 nitrogen and oxygen atoms in total. The van der Waals surface area contributed by atoms with Crippen molar-refractivity contribution < 1.29 is 4.79 Å². The molecular weight excluding hydrogens is 298 g/mol. The lowest BCUT2D eigenvalue weighted by atomic mass is 10.1. The topological polar surface area (TPSA) is 35.6 Å². The van der Waals surface area contributed by atoms with Gasteiger partial charge in [-0.15, -0.1) is 0 Å². The molecule has 2 amide bonds. The number of hydrogen-bond donors (Lipinski definition) is 1. The SMILES string of the molecule is CCc1ccccc1NC(=O)N1CCN(Cc2ccccc2)CC1. The molecule has 1 aliphatic rings. The Morgan fingerprint density at radius 1 is 0.958 bits per heavy atom. The van der Waals surface area contributed by atoms with E-state index in [4.69, 9.17) is 0 Å². The highest BCUT2D eigenvalue weighted by Gasteiger charge is 2.21. The van der Waals surface area contributed by atoms with E-state index in [9.17, 15) is 4.79 Å². The van der Waals surface area contributed by atoms with Gasteiger partial charge in [-0.25, -0.2) is 4.79 Å². The molecular formula is C20H25N3O. The van der Waals surface area contributed by atoms with Crippen molar-refractivity contribution in [2.24, 2.45) is 0 Å². The number of anilines is 1. The largest absolute Gasteiger partial charge is 0.322 e. The van der Waals surface area contributed by atoms with Crippen molar-refractivity contribution in [1.29, 1.82) is 0 Å². The van der Waals surface area contributed by atoms with Crippen LogP contribution < -0.4 is 5.32 Å². The molecule has 0 atom stereocenters. The number of nitrogens with one attached hydrogen (secondary N) is 1. The molecule has 3 rings (SSSR count). The van der Waals surface area contributed by atoms with Gasteiger partial charge in [0.2, 0.25) is 0 Å². The van der Waals surface area contributed by atoms with Gasteiger partial charge in [-0.1, -0.05) is 55.5 Å². The van der Waals surface area contributed by atoms with E-state index in [-0.39, 0.29) is 6.03 Å². The molecule has 1 aliphatic heterocycles. The van der Waals surface area contributed by atoms with Crippen LogP contribution in [0.1, 0.15) is 18.1 Å². The summed E-state index contributed by atoms with van der Waals surface area (Å²) in [5.74, 6) is 0. The number of nitrogens with zero attached hydrogens (tertiary/aromatic N) is 2. The molecule has 1 saturated heterocycles. The fourth-order valence-electron chi connectivity index (χ4n) is 3.10. The zero-order valence-corrected chi connectivity index (χ0v) is 14.2. The number of benzene rings is 2. The van der Waals surface area contributed by atoms with Gasteiger partial charge in [-0.05, 0) is 23.6 Å². The van der Waals surface area contributed by atoms with E-state index >= 15 is 0 Å². The predicted octanol–water partition coefficient (Wildman–Crippen LogP) is 3.60. The van der Waals surface area contributed by atoms with Gasteiger partial charge in [0.15, 0.2) is 0 Å². The second kappa shape index (κ2) is 7.97. The minimum atomic E-state index is 0.00950. The van der Waals surface area contributed by atoms with Crippen LogP contribution in [0.25, 0.3) is 0 Å². The van der Waals surface area contributed by atoms with Crippen molar-refractivity contribution in [2.45, 2.75) is 19.9 Å². The molecule has 4 heteroatoms. The molecule has 0 unspecified atom stereocenters. The highest BCUT2D eigenvalue weighted by atomic mass is 16.2. The number of rotatable bonds is 4. The van der Waals surface area contributed by atoms with E-state index in [1.165, 1.54) is 11.1 Å². The molecule has 0 bridgehead atoms. The van der Waals surface area contributed by atoms with Gasteiger partial charge >= 0.3 is 6.03 Å². The molecule has 0 radical (unpaired) electrons. The number of hydrogen-bond acceptors (Lipinski definition) is 2. The summed E-state index contributed by atoms with van der Waals surface area (Å²) in [5, 5.41) is 3.06. The number of urea groups is 1. The maximum absolute atomic E-state index is 12.5. The van der Waals surface area contributed by atoms with Crippen LogP contribution in [-0.4, -0.2) is 42.0 Å². The quantitative estimate of drug-likeness (QED) is 0.933. The molecule has 0 saturated carbocycles. The Kier molecular flexibility index (Phi) is 5.49. The van der Waals surface area contributed by atoms with Crippen molar-refractivity contribution in [3.8, 4) is 0 Å². The van der Waals surface area contributed by atoms with E-state index < -0.39 is 0 Å². The van der Waals surface area contributed by atoms with Gasteiger partial charge in [0.25, 0.3) is 0 Å². The van der Waals surface area contributed by atoms with E-state index in [0.29, 0.717) is 0 Å². The second-order valence-electron chi connectivity index (χ2n) is 6.19. The summed E-state index contributed by atoms with van der Waals surface area (Å²) >= 11 is 0. The van der Waals surface area contributed by atoms with E-state index in [1.807, 2.05) is 29.2 Å². The van der Waals surface area contributed by atoms with Crippen LogP contribution in [0.3, 0.4) is 0 Å². The lowest BCUT2D eigenvalue weighted by Crippen LogP contribution is -2.49. The number of aryl methyl sites for hydroxylation is 1. The monoisotopic (exact) mass is 323 g/mol. The van der Waals surface area contributed by atoms with Gasteiger partial charge in [0, 0.05) is 38.4 Å². The number of para-hydroxylation sites is 1. The molecule has 1 heterocycles. The van der Waals surface area contributed by atoms with Crippen molar-refractivity contribution >= 4 is 11.7 Å². The van der Waals surface area contributed by atoms with Crippen LogP contribution in [0.4, 0.5) is 10.5 Å². The molecule has 0 aromatic heterocycles. The maximum Gasteiger partial charge on any atom is 0.321 e. The average molecular weight is 323 g/mol. The first kappa shape index (κ1) is 16.5. The number of amides is 2. The molecule has 24 heavy (non-hydrogen) atoms. The molecule has 2 aromatic carbocycles. The number of carbonyl (C=O) groups is 1. The highest BCUT2D eigenvalue weighted by molar-refractivity contribution is 5.90. The lowest BCUT2D eigenvalue weighted by Gasteiger charge is -2.34. The Morgan fingerprint density at radius 3 is 2.33 bits per heavy atom. The molecule has 2 aromatic rings. The summed E-state index contributed by atoms with van der Waals surface area (Å²) in [4.78, 5) is 16.8. The zero-order valence-electron chi connectivity index (χ0n) is 14.2. The number of carbonyl (C=O) groups excluding carboxylic acids is 1. The Labute approximate surface area is 144 Å². The fourth-order valence-corrected chi connectivity index (χ4v) is 3.10. The van der Waals surface area contributed by atoms with Gasteiger partial charge < -0.3 is 10.2 Å². The normalized spacial score (nSPS) is 15.3. The summed E-state index contributed by atoms with van der Waals surface area (Å²) in [5.41, 5.74) is 3.43. The van der Waals surface area contributed by atoms with Crippen LogP contribution in [0.2, 0.25) is 0 Å². The van der Waals surface area contributed by atoms with Crippen LogP contribution in [0, 0.1) is 0 Å². The van der Waals surface area contributed by atoms with Crippen molar-refractivity contribution in [3.05, 3.63) is 65.7 Å². The van der Waals surface area contributed by atoms with E-state index in [2.05, 4.69) is 47.5 Å². The van der Waals surface area contributed by atoms with Crippen molar-refractivity contribution in [2.75, 3.05) is 31.5 Å². The molecule has 0 aliphatic carbocycles. The molecule has 0 spiro atoms. The van der Waals surface area contributed by atoms with E-state index in [1.54, 1.807) is 0 Å². The maximum atomic E-state index is 12.5. The lowest BCUT2D eigenvalue weighted by molar-refractivity contribution is 0.143. The van der Waals surface area contributed by atoms with Crippen LogP contribution in [-0.2, 0) is 13.0 Å². The summed E-state index contributed by atoms with van der Waals surface area (Å²) < 4.78 is 0. The summed E-state index contributed by atoms with van der Waals surface area (Å²) in [6, 6.07) is 18.5. The molecule has 126 valence electrons. The van der Waals surface area contributed by atoms with Gasteiger partial charge in [0.1, 0.15) is 0 Å². The third kappa shape index (κ3) is 4.15. The van der Waals surface area contributed by atoms with Crippen molar-refractivity contribution in [3.63, 3.8) is 0 Å². The average Bonchev–Trinajstić information content (AvgIpc) is 2.63. The van der Waals surface area contributed by atoms with Crippen LogP contribution >= 0.6 is 0 Å². The van der Waals surface area contributed by atoms with Gasteiger partial charge in [-0.3, -0.25) is 4.90 Å².